The number of rotatable bonds is 5. The Labute approximate surface area is 132 Å². The highest BCUT2D eigenvalue weighted by molar-refractivity contribution is 5.91. The van der Waals surface area contributed by atoms with E-state index in [0.29, 0.717) is 6.42 Å². The number of ether oxygens (including phenoxy) is 1. The van der Waals surface area contributed by atoms with Crippen LogP contribution in [0, 0.1) is 20.8 Å². The molecule has 3 heteroatoms. The fraction of sp³-hybridized carbons (Fsp3) is 0.316. The Kier molecular flexibility index (Phi) is 5.21. The van der Waals surface area contributed by atoms with Crippen LogP contribution in [-0.4, -0.2) is 13.0 Å². The molecule has 1 amide bonds. The normalized spacial score (nSPS) is 10.4. The zero-order chi connectivity index (χ0) is 16.1. The van der Waals surface area contributed by atoms with Crippen molar-refractivity contribution >= 4 is 11.6 Å². The zero-order valence-corrected chi connectivity index (χ0v) is 13.7. The Balaban J connectivity index is 1.95. The lowest BCUT2D eigenvalue weighted by Crippen LogP contribution is -2.13. The molecule has 0 fully saturated rings. The standard InChI is InChI=1S/C19H23NO2/c1-13-5-6-14(2)17(11-13)20-19(21)10-8-16-7-9-18(22-4)15(3)12-16/h5-7,9,11-12H,8,10H2,1-4H3,(H,20,21). The first-order valence-electron chi connectivity index (χ1n) is 7.50. The van der Waals surface area contributed by atoms with E-state index >= 15 is 0 Å². The van der Waals surface area contributed by atoms with E-state index < -0.39 is 0 Å². The Morgan fingerprint density at radius 3 is 2.50 bits per heavy atom. The number of hydrogen-bond acceptors (Lipinski definition) is 2. The fourth-order valence-electron chi connectivity index (χ4n) is 2.44. The molecule has 0 saturated heterocycles. The minimum Gasteiger partial charge on any atom is -0.496 e. The number of hydrogen-bond donors (Lipinski definition) is 1. The van der Waals surface area contributed by atoms with Crippen LogP contribution >= 0.6 is 0 Å². The molecule has 1 N–H and O–H groups in total. The van der Waals surface area contributed by atoms with Crippen molar-refractivity contribution in [1.82, 2.24) is 0 Å². The van der Waals surface area contributed by atoms with E-state index in [1.54, 1.807) is 7.11 Å². The van der Waals surface area contributed by atoms with Crippen molar-refractivity contribution in [3.8, 4) is 5.75 Å². The lowest BCUT2D eigenvalue weighted by Gasteiger charge is -2.10. The largest absolute Gasteiger partial charge is 0.496 e. The topological polar surface area (TPSA) is 38.3 Å². The SMILES string of the molecule is COc1ccc(CCC(=O)Nc2cc(C)ccc2C)cc1C. The molecule has 0 aliphatic heterocycles. The molecule has 0 bridgehead atoms. The lowest BCUT2D eigenvalue weighted by atomic mass is 10.1. The third kappa shape index (κ3) is 4.10. The predicted octanol–water partition coefficient (Wildman–Crippen LogP) is 4.19. The minimum atomic E-state index is 0.0437. The van der Waals surface area contributed by atoms with E-state index in [4.69, 9.17) is 4.74 Å². The van der Waals surface area contributed by atoms with Gasteiger partial charge in [0.25, 0.3) is 0 Å². The molecule has 22 heavy (non-hydrogen) atoms. The number of carbonyl (C=O) groups excluding carboxylic acids is 1. The second-order valence-electron chi connectivity index (χ2n) is 5.67. The summed E-state index contributed by atoms with van der Waals surface area (Å²) in [5.41, 5.74) is 5.37. The summed E-state index contributed by atoms with van der Waals surface area (Å²) in [7, 11) is 1.67. The van der Waals surface area contributed by atoms with Crippen molar-refractivity contribution in [3.63, 3.8) is 0 Å². The van der Waals surface area contributed by atoms with Crippen molar-refractivity contribution in [1.29, 1.82) is 0 Å². The van der Waals surface area contributed by atoms with Gasteiger partial charge in [-0.05, 0) is 61.6 Å². The Morgan fingerprint density at radius 2 is 1.82 bits per heavy atom. The predicted molar refractivity (Wildman–Crippen MR) is 90.6 cm³/mol. The third-order valence-electron chi connectivity index (χ3n) is 3.77. The molecule has 0 radical (unpaired) electrons. The second kappa shape index (κ2) is 7.12. The van der Waals surface area contributed by atoms with Crippen molar-refractivity contribution in [2.24, 2.45) is 0 Å². The van der Waals surface area contributed by atoms with Crippen LogP contribution in [-0.2, 0) is 11.2 Å². The van der Waals surface area contributed by atoms with Gasteiger partial charge in [-0.25, -0.2) is 0 Å². The van der Waals surface area contributed by atoms with E-state index in [1.807, 2.05) is 51.1 Å². The number of methoxy groups -OCH3 is 1. The number of aryl methyl sites for hydroxylation is 4. The Morgan fingerprint density at radius 1 is 1.05 bits per heavy atom. The van der Waals surface area contributed by atoms with Crippen molar-refractivity contribution < 1.29 is 9.53 Å². The van der Waals surface area contributed by atoms with Crippen LogP contribution in [0.3, 0.4) is 0 Å². The molecule has 0 unspecified atom stereocenters. The van der Waals surface area contributed by atoms with E-state index in [9.17, 15) is 4.79 Å². The van der Waals surface area contributed by atoms with Gasteiger partial charge in [0.15, 0.2) is 0 Å². The maximum absolute atomic E-state index is 12.1. The van der Waals surface area contributed by atoms with Gasteiger partial charge in [-0.1, -0.05) is 24.3 Å². The molecule has 0 aliphatic rings. The van der Waals surface area contributed by atoms with E-state index in [0.717, 1.165) is 40.1 Å². The molecule has 0 atom stereocenters. The summed E-state index contributed by atoms with van der Waals surface area (Å²) in [5.74, 6) is 0.922. The van der Waals surface area contributed by atoms with Crippen LogP contribution in [0.2, 0.25) is 0 Å². The molecule has 2 rings (SSSR count). The third-order valence-corrected chi connectivity index (χ3v) is 3.77. The number of anilines is 1. The highest BCUT2D eigenvalue weighted by Gasteiger charge is 2.07. The second-order valence-corrected chi connectivity index (χ2v) is 5.67. The molecule has 0 spiro atoms. The summed E-state index contributed by atoms with van der Waals surface area (Å²) in [6.45, 7) is 6.04. The molecule has 0 aliphatic carbocycles. The van der Waals surface area contributed by atoms with Gasteiger partial charge >= 0.3 is 0 Å². The number of nitrogens with one attached hydrogen (secondary N) is 1. The molecular weight excluding hydrogens is 274 g/mol. The van der Waals surface area contributed by atoms with Crippen LogP contribution in [0.5, 0.6) is 5.75 Å². The number of benzene rings is 2. The first kappa shape index (κ1) is 16.1. The monoisotopic (exact) mass is 297 g/mol. The van der Waals surface area contributed by atoms with Crippen LogP contribution < -0.4 is 10.1 Å². The van der Waals surface area contributed by atoms with Crippen molar-refractivity contribution in [2.75, 3.05) is 12.4 Å². The van der Waals surface area contributed by atoms with Gasteiger partial charge in [-0.15, -0.1) is 0 Å². The Bertz CT molecular complexity index is 677. The number of amides is 1. The number of carbonyl (C=O) groups is 1. The first-order chi connectivity index (χ1) is 10.5. The van der Waals surface area contributed by atoms with Crippen LogP contribution in [0.4, 0.5) is 5.69 Å². The average Bonchev–Trinajstić information content (AvgIpc) is 2.49. The summed E-state index contributed by atoms with van der Waals surface area (Å²) in [6, 6.07) is 12.1. The molecule has 116 valence electrons. The van der Waals surface area contributed by atoms with Crippen LogP contribution in [0.25, 0.3) is 0 Å². The smallest absolute Gasteiger partial charge is 0.224 e. The average molecular weight is 297 g/mol. The quantitative estimate of drug-likeness (QED) is 0.898. The van der Waals surface area contributed by atoms with Crippen molar-refractivity contribution in [3.05, 3.63) is 58.7 Å². The van der Waals surface area contributed by atoms with Crippen LogP contribution in [0.15, 0.2) is 36.4 Å². The summed E-state index contributed by atoms with van der Waals surface area (Å²) in [4.78, 5) is 12.1. The van der Waals surface area contributed by atoms with Crippen LogP contribution in [0.1, 0.15) is 28.7 Å². The molecule has 3 nitrogen and oxygen atoms in total. The zero-order valence-electron chi connectivity index (χ0n) is 13.7. The van der Waals surface area contributed by atoms with E-state index in [2.05, 4.69) is 11.4 Å². The highest BCUT2D eigenvalue weighted by Crippen LogP contribution is 2.20. The lowest BCUT2D eigenvalue weighted by molar-refractivity contribution is -0.116. The summed E-state index contributed by atoms with van der Waals surface area (Å²) >= 11 is 0. The molecule has 0 aromatic heterocycles. The van der Waals surface area contributed by atoms with Gasteiger partial charge in [0.1, 0.15) is 5.75 Å². The summed E-state index contributed by atoms with van der Waals surface area (Å²) in [5, 5.41) is 2.99. The maximum Gasteiger partial charge on any atom is 0.224 e. The van der Waals surface area contributed by atoms with Gasteiger partial charge in [-0.2, -0.15) is 0 Å². The Hall–Kier alpha value is -2.29. The molecular formula is C19H23NO2. The van der Waals surface area contributed by atoms with Gasteiger partial charge < -0.3 is 10.1 Å². The van der Waals surface area contributed by atoms with E-state index in [-0.39, 0.29) is 5.91 Å². The summed E-state index contributed by atoms with van der Waals surface area (Å²) in [6.07, 6.45) is 1.20. The van der Waals surface area contributed by atoms with Gasteiger partial charge in [0, 0.05) is 12.1 Å². The maximum atomic E-state index is 12.1. The van der Waals surface area contributed by atoms with E-state index in [1.165, 1.54) is 0 Å². The van der Waals surface area contributed by atoms with Crippen molar-refractivity contribution in [2.45, 2.75) is 33.6 Å². The summed E-state index contributed by atoms with van der Waals surface area (Å²) < 4.78 is 5.25. The first-order valence-corrected chi connectivity index (χ1v) is 7.50. The van der Waals surface area contributed by atoms with Gasteiger partial charge in [-0.3, -0.25) is 4.79 Å². The molecule has 0 saturated carbocycles. The molecule has 2 aromatic carbocycles. The minimum absolute atomic E-state index is 0.0437. The molecule has 2 aromatic rings. The molecule has 0 heterocycles. The van der Waals surface area contributed by atoms with Gasteiger partial charge in [0.2, 0.25) is 5.91 Å². The fourth-order valence-corrected chi connectivity index (χ4v) is 2.44. The van der Waals surface area contributed by atoms with Gasteiger partial charge in [0.05, 0.1) is 7.11 Å². The highest BCUT2D eigenvalue weighted by atomic mass is 16.5.